The standard InChI is InChI=1S/C21H34O2Si/c1-20(2,3)24(5,6)23-19-11-10-17(12-15-22)16-18(19)21(4)13-8-7-9-14-21/h10-11,15-16H,7-9,12-14H2,1-6H3. The summed E-state index contributed by atoms with van der Waals surface area (Å²) in [4.78, 5) is 11.0. The van der Waals surface area contributed by atoms with Gasteiger partial charge < -0.3 is 9.22 Å². The summed E-state index contributed by atoms with van der Waals surface area (Å²) in [7, 11) is -1.88. The topological polar surface area (TPSA) is 26.3 Å². The molecule has 0 radical (unpaired) electrons. The molecule has 0 aromatic heterocycles. The van der Waals surface area contributed by atoms with Gasteiger partial charge in [0, 0.05) is 6.42 Å². The normalized spacial score (nSPS) is 18.2. The van der Waals surface area contributed by atoms with Crippen LogP contribution in [0.2, 0.25) is 18.1 Å². The molecule has 1 aromatic carbocycles. The van der Waals surface area contributed by atoms with Gasteiger partial charge in [-0.25, -0.2) is 0 Å². The van der Waals surface area contributed by atoms with Crippen molar-refractivity contribution in [3.63, 3.8) is 0 Å². The summed E-state index contributed by atoms with van der Waals surface area (Å²) < 4.78 is 6.70. The summed E-state index contributed by atoms with van der Waals surface area (Å²) in [5.41, 5.74) is 2.61. The van der Waals surface area contributed by atoms with E-state index in [9.17, 15) is 4.79 Å². The van der Waals surface area contributed by atoms with Gasteiger partial charge in [0.2, 0.25) is 8.32 Å². The van der Waals surface area contributed by atoms with E-state index < -0.39 is 8.32 Å². The molecule has 0 amide bonds. The van der Waals surface area contributed by atoms with Crippen LogP contribution in [0.5, 0.6) is 5.75 Å². The molecule has 0 spiro atoms. The molecule has 1 aromatic rings. The van der Waals surface area contributed by atoms with Crippen molar-refractivity contribution in [1.82, 2.24) is 0 Å². The molecule has 0 saturated heterocycles. The lowest BCUT2D eigenvalue weighted by Crippen LogP contribution is -2.44. The van der Waals surface area contributed by atoms with E-state index in [-0.39, 0.29) is 10.5 Å². The molecule has 1 fully saturated rings. The number of carbonyl (C=O) groups excluding carboxylic acids is 1. The predicted molar refractivity (Wildman–Crippen MR) is 104 cm³/mol. The lowest BCUT2D eigenvalue weighted by Gasteiger charge is -2.40. The van der Waals surface area contributed by atoms with Crippen LogP contribution in [0.25, 0.3) is 0 Å². The molecule has 0 bridgehead atoms. The Kier molecular flexibility index (Phi) is 5.63. The van der Waals surface area contributed by atoms with Gasteiger partial charge in [0.05, 0.1) is 0 Å². The second-order valence-corrected chi connectivity index (χ2v) is 13.9. The molecule has 134 valence electrons. The van der Waals surface area contributed by atoms with E-state index in [4.69, 9.17) is 4.43 Å². The number of hydrogen-bond donors (Lipinski definition) is 0. The third-order valence-corrected chi connectivity index (χ3v) is 10.5. The minimum absolute atomic E-state index is 0.175. The van der Waals surface area contributed by atoms with Crippen molar-refractivity contribution in [2.45, 2.75) is 89.8 Å². The van der Waals surface area contributed by atoms with Gasteiger partial charge in [0.15, 0.2) is 0 Å². The Bertz CT molecular complexity index is 578. The summed E-state index contributed by atoms with van der Waals surface area (Å²) in [6, 6.07) is 6.42. The SMILES string of the molecule is CC1(c2cc(CC=O)ccc2O[Si](C)(C)C(C)(C)C)CCCCC1. The van der Waals surface area contributed by atoms with Crippen LogP contribution in [0.4, 0.5) is 0 Å². The number of aldehydes is 1. The highest BCUT2D eigenvalue weighted by Gasteiger charge is 2.40. The third-order valence-electron chi connectivity index (χ3n) is 6.14. The first-order chi connectivity index (χ1) is 11.1. The summed E-state index contributed by atoms with van der Waals surface area (Å²) in [5.74, 6) is 1.06. The Labute approximate surface area is 149 Å². The van der Waals surface area contributed by atoms with Crippen molar-refractivity contribution < 1.29 is 9.22 Å². The van der Waals surface area contributed by atoms with Crippen LogP contribution < -0.4 is 4.43 Å². The Morgan fingerprint density at radius 2 is 1.79 bits per heavy atom. The molecule has 0 N–H and O–H groups in total. The van der Waals surface area contributed by atoms with Gasteiger partial charge in [0.1, 0.15) is 12.0 Å². The summed E-state index contributed by atoms with van der Waals surface area (Å²) in [6.45, 7) is 13.8. The van der Waals surface area contributed by atoms with E-state index in [1.54, 1.807) is 0 Å². The Morgan fingerprint density at radius 1 is 1.17 bits per heavy atom. The maximum Gasteiger partial charge on any atom is 0.250 e. The fourth-order valence-electron chi connectivity index (χ4n) is 3.39. The zero-order valence-corrected chi connectivity index (χ0v) is 17.4. The van der Waals surface area contributed by atoms with Crippen molar-refractivity contribution in [3.05, 3.63) is 29.3 Å². The second kappa shape index (κ2) is 7.03. The van der Waals surface area contributed by atoms with Crippen molar-refractivity contribution >= 4 is 14.6 Å². The van der Waals surface area contributed by atoms with Crippen molar-refractivity contribution in [3.8, 4) is 5.75 Å². The first kappa shape index (κ1) is 19.2. The summed E-state index contributed by atoms with van der Waals surface area (Å²) in [5, 5.41) is 0.180. The first-order valence-corrected chi connectivity index (χ1v) is 12.3. The zero-order chi connectivity index (χ0) is 18.0. The van der Waals surface area contributed by atoms with Gasteiger partial charge in [-0.05, 0) is 53.6 Å². The van der Waals surface area contributed by atoms with Gasteiger partial charge >= 0.3 is 0 Å². The molecule has 24 heavy (non-hydrogen) atoms. The van der Waals surface area contributed by atoms with Crippen molar-refractivity contribution in [2.75, 3.05) is 0 Å². The minimum Gasteiger partial charge on any atom is -0.543 e. The molecular weight excluding hydrogens is 312 g/mol. The van der Waals surface area contributed by atoms with Crippen LogP contribution in [0.1, 0.15) is 70.9 Å². The quantitative estimate of drug-likeness (QED) is 0.480. The molecule has 0 atom stereocenters. The van der Waals surface area contributed by atoms with Gasteiger partial charge in [-0.2, -0.15) is 0 Å². The zero-order valence-electron chi connectivity index (χ0n) is 16.4. The van der Waals surface area contributed by atoms with E-state index in [1.165, 1.54) is 37.7 Å². The van der Waals surface area contributed by atoms with Gasteiger partial charge in [0.25, 0.3) is 0 Å². The molecule has 0 heterocycles. The van der Waals surface area contributed by atoms with Crippen LogP contribution in [0.3, 0.4) is 0 Å². The molecule has 1 aliphatic carbocycles. The van der Waals surface area contributed by atoms with Crippen molar-refractivity contribution in [1.29, 1.82) is 0 Å². The predicted octanol–water partition coefficient (Wildman–Crippen LogP) is 6.03. The third kappa shape index (κ3) is 4.11. The molecule has 1 saturated carbocycles. The maximum absolute atomic E-state index is 11.0. The molecule has 1 aliphatic rings. The molecule has 0 unspecified atom stereocenters. The first-order valence-electron chi connectivity index (χ1n) is 9.35. The number of benzene rings is 1. The van der Waals surface area contributed by atoms with Gasteiger partial charge in [-0.3, -0.25) is 0 Å². The molecule has 2 nitrogen and oxygen atoms in total. The average Bonchev–Trinajstić information content (AvgIpc) is 2.48. The minimum atomic E-state index is -1.88. The van der Waals surface area contributed by atoms with Crippen molar-refractivity contribution in [2.24, 2.45) is 0 Å². The lowest BCUT2D eigenvalue weighted by atomic mass is 9.70. The van der Waals surface area contributed by atoms with E-state index in [2.05, 4.69) is 59.0 Å². The van der Waals surface area contributed by atoms with E-state index in [0.29, 0.717) is 6.42 Å². The highest BCUT2D eigenvalue weighted by Crippen LogP contribution is 2.45. The smallest absolute Gasteiger partial charge is 0.250 e. The summed E-state index contributed by atoms with van der Waals surface area (Å²) >= 11 is 0. The Morgan fingerprint density at radius 3 is 2.33 bits per heavy atom. The molecule has 3 heteroatoms. The van der Waals surface area contributed by atoms with Crippen LogP contribution in [-0.2, 0) is 16.6 Å². The van der Waals surface area contributed by atoms with Crippen LogP contribution >= 0.6 is 0 Å². The fourth-order valence-corrected chi connectivity index (χ4v) is 4.42. The van der Waals surface area contributed by atoms with Gasteiger partial charge in [-0.1, -0.05) is 59.1 Å². The van der Waals surface area contributed by atoms with Crippen LogP contribution in [-0.4, -0.2) is 14.6 Å². The number of carbonyl (C=O) groups is 1. The molecule has 2 rings (SSSR count). The Balaban J connectivity index is 2.45. The summed E-state index contributed by atoms with van der Waals surface area (Å²) in [6.07, 6.45) is 7.82. The van der Waals surface area contributed by atoms with Crippen LogP contribution in [0.15, 0.2) is 18.2 Å². The number of hydrogen-bond acceptors (Lipinski definition) is 2. The highest BCUT2D eigenvalue weighted by molar-refractivity contribution is 6.74. The molecular formula is C21H34O2Si. The van der Waals surface area contributed by atoms with Crippen LogP contribution in [0, 0.1) is 0 Å². The monoisotopic (exact) mass is 346 g/mol. The maximum atomic E-state index is 11.0. The lowest BCUT2D eigenvalue weighted by molar-refractivity contribution is -0.107. The largest absolute Gasteiger partial charge is 0.543 e. The second-order valence-electron chi connectivity index (χ2n) is 9.18. The van der Waals surface area contributed by atoms with E-state index in [0.717, 1.165) is 17.6 Å². The van der Waals surface area contributed by atoms with E-state index in [1.807, 2.05) is 0 Å². The average molecular weight is 347 g/mol. The number of rotatable bonds is 5. The fraction of sp³-hybridized carbons (Fsp3) is 0.667. The Hall–Kier alpha value is -1.09. The van der Waals surface area contributed by atoms with E-state index >= 15 is 0 Å². The highest BCUT2D eigenvalue weighted by atomic mass is 28.4. The van der Waals surface area contributed by atoms with Gasteiger partial charge in [-0.15, -0.1) is 0 Å². The molecule has 0 aliphatic heterocycles.